The van der Waals surface area contributed by atoms with Crippen molar-refractivity contribution in [2.45, 2.75) is 5.41 Å². The second kappa shape index (κ2) is 12.5. The van der Waals surface area contributed by atoms with E-state index >= 15 is 0 Å². The van der Waals surface area contributed by atoms with Crippen LogP contribution in [0.25, 0.3) is 56.2 Å². The number of hydrogen-bond donors (Lipinski definition) is 0. The van der Waals surface area contributed by atoms with Crippen molar-refractivity contribution in [2.75, 3.05) is 0 Å². The Morgan fingerprint density at radius 3 is 1.51 bits per heavy atom. The first-order valence-electron chi connectivity index (χ1n) is 17.1. The number of nitrogens with zero attached hydrogens (tertiary/aromatic N) is 3. The van der Waals surface area contributed by atoms with E-state index in [1.54, 1.807) is 0 Å². The molecule has 1 heterocycles. The molecule has 0 amide bonds. The second-order valence-electron chi connectivity index (χ2n) is 12.9. The van der Waals surface area contributed by atoms with Gasteiger partial charge in [0, 0.05) is 16.7 Å². The molecule has 0 atom stereocenters. The van der Waals surface area contributed by atoms with Crippen molar-refractivity contribution in [3.8, 4) is 62.2 Å². The van der Waals surface area contributed by atoms with Crippen LogP contribution >= 0.6 is 0 Å². The Morgan fingerprint density at radius 1 is 0.392 bits per heavy atom. The predicted molar refractivity (Wildman–Crippen MR) is 206 cm³/mol. The van der Waals surface area contributed by atoms with Gasteiger partial charge in [-0.1, -0.05) is 158 Å². The van der Waals surface area contributed by atoms with Gasteiger partial charge < -0.3 is 0 Å². The topological polar surface area (TPSA) is 49.6 Å². The molecule has 0 N–H and O–H groups in total. The SMILES string of the molecule is N#Cc1ccc2c(c1)C(c1ccccc1)(c1ccccc1)c1cc(-c3cccc(-c4cc(-c5ccccc5)nc(-c5ccccc5)n4)c3)ccc1-2. The van der Waals surface area contributed by atoms with Crippen LogP contribution in [0.15, 0.2) is 188 Å². The molecule has 1 aliphatic rings. The first-order valence-corrected chi connectivity index (χ1v) is 17.1. The standard InChI is InChI=1S/C48H31N3/c49-32-33-24-26-41-42-27-25-37(30-44(42)48(43(41)28-33,39-20-9-3-10-21-39)40-22-11-4-12-23-40)36-18-13-19-38(29-36)46-31-45(34-14-5-1-6-15-34)50-47(51-46)35-16-7-2-8-17-35/h1-31H. The van der Waals surface area contributed by atoms with Gasteiger partial charge >= 0.3 is 0 Å². The van der Waals surface area contributed by atoms with Crippen molar-refractivity contribution < 1.29 is 0 Å². The van der Waals surface area contributed by atoms with Crippen molar-refractivity contribution in [1.29, 1.82) is 5.26 Å². The van der Waals surface area contributed by atoms with E-state index in [4.69, 9.17) is 9.97 Å². The smallest absolute Gasteiger partial charge is 0.160 e. The average molecular weight is 650 g/mol. The zero-order chi connectivity index (χ0) is 34.2. The predicted octanol–water partition coefficient (Wildman–Crippen LogP) is 11.4. The highest BCUT2D eigenvalue weighted by Crippen LogP contribution is 2.57. The van der Waals surface area contributed by atoms with E-state index in [9.17, 15) is 5.26 Å². The average Bonchev–Trinajstić information content (AvgIpc) is 3.51. The largest absolute Gasteiger partial charge is 0.228 e. The molecule has 238 valence electrons. The summed E-state index contributed by atoms with van der Waals surface area (Å²) in [6.45, 7) is 0. The van der Waals surface area contributed by atoms with Gasteiger partial charge in [0.15, 0.2) is 5.82 Å². The fraction of sp³-hybridized carbons (Fsp3) is 0.0208. The van der Waals surface area contributed by atoms with Gasteiger partial charge in [-0.3, -0.25) is 0 Å². The molecule has 9 rings (SSSR count). The van der Waals surface area contributed by atoms with Crippen molar-refractivity contribution in [3.63, 3.8) is 0 Å². The third-order valence-electron chi connectivity index (χ3n) is 10.00. The molecule has 0 bridgehead atoms. The van der Waals surface area contributed by atoms with Gasteiger partial charge in [-0.05, 0) is 74.8 Å². The summed E-state index contributed by atoms with van der Waals surface area (Å²) in [5.41, 5.74) is 14.0. The third kappa shape index (κ3) is 5.14. The van der Waals surface area contributed by atoms with E-state index in [2.05, 4.69) is 152 Å². The van der Waals surface area contributed by atoms with Gasteiger partial charge in [-0.15, -0.1) is 0 Å². The molecule has 0 saturated heterocycles. The van der Waals surface area contributed by atoms with E-state index in [1.807, 2.05) is 42.5 Å². The van der Waals surface area contributed by atoms with Crippen LogP contribution in [-0.4, -0.2) is 9.97 Å². The lowest BCUT2D eigenvalue weighted by Gasteiger charge is -2.34. The molecule has 3 heteroatoms. The van der Waals surface area contributed by atoms with Crippen LogP contribution in [-0.2, 0) is 5.41 Å². The van der Waals surface area contributed by atoms with Gasteiger partial charge in [0.2, 0.25) is 0 Å². The molecular weight excluding hydrogens is 619 g/mol. The monoisotopic (exact) mass is 649 g/mol. The molecule has 0 aliphatic heterocycles. The normalized spacial score (nSPS) is 12.5. The highest BCUT2D eigenvalue weighted by Gasteiger charge is 2.46. The summed E-state index contributed by atoms with van der Waals surface area (Å²) in [6, 6.07) is 67.9. The Bertz CT molecular complexity index is 2470. The second-order valence-corrected chi connectivity index (χ2v) is 12.9. The lowest BCUT2D eigenvalue weighted by molar-refractivity contribution is 0.768. The molecule has 3 nitrogen and oxygen atoms in total. The summed E-state index contributed by atoms with van der Waals surface area (Å²) in [4.78, 5) is 10.1. The first-order chi connectivity index (χ1) is 25.2. The summed E-state index contributed by atoms with van der Waals surface area (Å²) in [6.07, 6.45) is 0. The van der Waals surface area contributed by atoms with Crippen LogP contribution in [0.1, 0.15) is 27.8 Å². The summed E-state index contributed by atoms with van der Waals surface area (Å²) in [7, 11) is 0. The van der Waals surface area contributed by atoms with Crippen molar-refractivity contribution >= 4 is 0 Å². The molecule has 0 saturated carbocycles. The van der Waals surface area contributed by atoms with Crippen LogP contribution in [0.4, 0.5) is 0 Å². The lowest BCUT2D eigenvalue weighted by Crippen LogP contribution is -2.28. The van der Waals surface area contributed by atoms with Crippen LogP contribution in [0, 0.1) is 11.3 Å². The summed E-state index contributed by atoms with van der Waals surface area (Å²) in [5, 5.41) is 10.0. The maximum Gasteiger partial charge on any atom is 0.160 e. The highest BCUT2D eigenvalue weighted by molar-refractivity contribution is 5.89. The van der Waals surface area contributed by atoms with Crippen LogP contribution in [0.3, 0.4) is 0 Å². The Balaban J connectivity index is 1.23. The molecular formula is C48H31N3. The molecule has 0 unspecified atom stereocenters. The van der Waals surface area contributed by atoms with Crippen molar-refractivity contribution in [2.24, 2.45) is 0 Å². The number of aromatic nitrogens is 2. The van der Waals surface area contributed by atoms with Crippen LogP contribution in [0.5, 0.6) is 0 Å². The molecule has 1 aliphatic carbocycles. The van der Waals surface area contributed by atoms with Crippen LogP contribution < -0.4 is 0 Å². The van der Waals surface area contributed by atoms with Gasteiger partial charge in [-0.2, -0.15) is 5.26 Å². The third-order valence-corrected chi connectivity index (χ3v) is 10.00. The maximum atomic E-state index is 10.0. The minimum atomic E-state index is -0.602. The molecule has 0 fully saturated rings. The van der Waals surface area contributed by atoms with Gasteiger partial charge in [0.1, 0.15) is 0 Å². The van der Waals surface area contributed by atoms with E-state index in [0.29, 0.717) is 11.4 Å². The number of hydrogen-bond acceptors (Lipinski definition) is 3. The highest BCUT2D eigenvalue weighted by atomic mass is 14.9. The lowest BCUT2D eigenvalue weighted by atomic mass is 9.67. The number of nitriles is 1. The van der Waals surface area contributed by atoms with Gasteiger partial charge in [0.25, 0.3) is 0 Å². The Hall–Kier alpha value is -6.89. The summed E-state index contributed by atoms with van der Waals surface area (Å²) >= 11 is 0. The zero-order valence-corrected chi connectivity index (χ0v) is 27.7. The maximum absolute atomic E-state index is 10.0. The fourth-order valence-electron chi connectivity index (χ4n) is 7.66. The molecule has 1 aromatic heterocycles. The van der Waals surface area contributed by atoms with E-state index in [0.717, 1.165) is 50.3 Å². The molecule has 0 spiro atoms. The van der Waals surface area contributed by atoms with E-state index in [1.165, 1.54) is 22.3 Å². The van der Waals surface area contributed by atoms with E-state index < -0.39 is 5.41 Å². The number of rotatable bonds is 6. The van der Waals surface area contributed by atoms with Crippen molar-refractivity contribution in [3.05, 3.63) is 216 Å². The quantitative estimate of drug-likeness (QED) is 0.180. The molecule has 8 aromatic rings. The van der Waals surface area contributed by atoms with Crippen LogP contribution in [0.2, 0.25) is 0 Å². The molecule has 0 radical (unpaired) electrons. The van der Waals surface area contributed by atoms with Gasteiger partial charge in [-0.25, -0.2) is 9.97 Å². The Labute approximate surface area is 297 Å². The van der Waals surface area contributed by atoms with Crippen molar-refractivity contribution in [1.82, 2.24) is 9.97 Å². The Kier molecular flexibility index (Phi) is 7.42. The molecule has 7 aromatic carbocycles. The minimum absolute atomic E-state index is 0.602. The molecule has 51 heavy (non-hydrogen) atoms. The minimum Gasteiger partial charge on any atom is -0.228 e. The first kappa shape index (κ1) is 30.2. The fourth-order valence-corrected chi connectivity index (χ4v) is 7.66. The number of benzene rings is 7. The van der Waals surface area contributed by atoms with Gasteiger partial charge in [0.05, 0.1) is 28.4 Å². The zero-order valence-electron chi connectivity index (χ0n) is 27.7. The van der Waals surface area contributed by atoms with E-state index in [-0.39, 0.29) is 0 Å². The summed E-state index contributed by atoms with van der Waals surface area (Å²) in [5.74, 6) is 0.694. The summed E-state index contributed by atoms with van der Waals surface area (Å²) < 4.78 is 0. The number of fused-ring (bicyclic) bond motifs is 3. The Morgan fingerprint density at radius 2 is 0.882 bits per heavy atom.